The molecule has 2 N–H and O–H groups in total. The van der Waals surface area contributed by atoms with Gasteiger partial charge < -0.3 is 10.5 Å². The predicted octanol–water partition coefficient (Wildman–Crippen LogP) is 6.67. The molecule has 0 unspecified atom stereocenters. The topological polar surface area (TPSA) is 35.2 Å². The molecular weight excluding hydrogens is 423 g/mol. The first kappa shape index (κ1) is 19.1. The summed E-state index contributed by atoms with van der Waals surface area (Å²) < 4.78 is 2.18. The second-order valence-corrected chi connectivity index (χ2v) is 8.50. The van der Waals surface area contributed by atoms with Crippen LogP contribution in [0.3, 0.4) is 0 Å². The summed E-state index contributed by atoms with van der Waals surface area (Å²) in [5, 5.41) is 0. The zero-order chi connectivity index (χ0) is 17.3. The largest absolute Gasteiger partial charge is 0.457 e. The van der Waals surface area contributed by atoms with Gasteiger partial charge in [0.25, 0.3) is 0 Å². The third-order valence-electron chi connectivity index (χ3n) is 3.03. The van der Waals surface area contributed by atoms with Gasteiger partial charge in [0.2, 0.25) is 0 Å². The van der Waals surface area contributed by atoms with Gasteiger partial charge in [-0.15, -0.1) is 23.2 Å². The first-order chi connectivity index (χ1) is 10.6. The molecule has 0 aromatic heterocycles. The van der Waals surface area contributed by atoms with Gasteiger partial charge in [-0.25, -0.2) is 0 Å². The summed E-state index contributed by atoms with van der Waals surface area (Å²) in [6.07, 6.45) is 0. The van der Waals surface area contributed by atoms with E-state index < -0.39 is 13.5 Å². The summed E-state index contributed by atoms with van der Waals surface area (Å²) in [5.41, 5.74) is 6.71. The second kappa shape index (κ2) is 7.35. The standard InChI is InChI=1S/C15H11Cl6NO/c16-13(17)15(20,21)14(18,19)9-1-5-11(6-2-9)23-12-7-3-10(22)4-8-12/h1-8,13H,22H2. The van der Waals surface area contributed by atoms with Gasteiger partial charge >= 0.3 is 0 Å². The zero-order valence-corrected chi connectivity index (χ0v) is 16.0. The number of alkyl halides is 6. The van der Waals surface area contributed by atoms with Crippen LogP contribution in [0.25, 0.3) is 0 Å². The minimum Gasteiger partial charge on any atom is -0.457 e. The Morgan fingerprint density at radius 2 is 1.22 bits per heavy atom. The third-order valence-corrected chi connectivity index (χ3v) is 6.55. The lowest BCUT2D eigenvalue weighted by Crippen LogP contribution is -2.39. The molecule has 0 saturated carbocycles. The Balaban J connectivity index is 2.20. The molecule has 0 aliphatic heterocycles. The summed E-state index contributed by atoms with van der Waals surface area (Å²) in [6, 6.07) is 13.6. The lowest BCUT2D eigenvalue weighted by Gasteiger charge is -2.34. The highest BCUT2D eigenvalue weighted by Gasteiger charge is 2.52. The molecule has 2 aromatic rings. The van der Waals surface area contributed by atoms with E-state index in [0.717, 1.165) is 0 Å². The molecule has 0 fully saturated rings. The lowest BCUT2D eigenvalue weighted by atomic mass is 10.1. The first-order valence-electron chi connectivity index (χ1n) is 6.32. The maximum absolute atomic E-state index is 6.26. The summed E-state index contributed by atoms with van der Waals surface area (Å²) in [6.45, 7) is 0. The van der Waals surface area contributed by atoms with Gasteiger partial charge in [0.05, 0.1) is 0 Å². The summed E-state index contributed by atoms with van der Waals surface area (Å²) in [4.78, 5) is -1.19. The highest BCUT2D eigenvalue weighted by molar-refractivity contribution is 6.67. The highest BCUT2D eigenvalue weighted by atomic mass is 35.5. The van der Waals surface area contributed by atoms with E-state index in [1.54, 1.807) is 48.5 Å². The van der Waals surface area contributed by atoms with Gasteiger partial charge in [0, 0.05) is 5.69 Å². The minimum atomic E-state index is -1.79. The van der Waals surface area contributed by atoms with Crippen molar-refractivity contribution in [3.8, 4) is 11.5 Å². The number of ether oxygens (including phenoxy) is 1. The fourth-order valence-electron chi connectivity index (χ4n) is 1.73. The van der Waals surface area contributed by atoms with Gasteiger partial charge in [-0.1, -0.05) is 58.5 Å². The first-order valence-corrected chi connectivity index (χ1v) is 8.71. The van der Waals surface area contributed by atoms with E-state index in [9.17, 15) is 0 Å². The van der Waals surface area contributed by atoms with Gasteiger partial charge in [-0.3, -0.25) is 0 Å². The minimum absolute atomic E-state index is 0.432. The van der Waals surface area contributed by atoms with Crippen LogP contribution < -0.4 is 10.5 Å². The molecule has 0 amide bonds. The summed E-state index contributed by atoms with van der Waals surface area (Å²) >= 11 is 36.2. The number of hydrogen-bond acceptors (Lipinski definition) is 2. The van der Waals surface area contributed by atoms with Crippen molar-refractivity contribution in [1.82, 2.24) is 0 Å². The van der Waals surface area contributed by atoms with Crippen LogP contribution in [0.1, 0.15) is 5.56 Å². The Hall–Kier alpha value is -0.220. The monoisotopic (exact) mass is 431 g/mol. The summed E-state index contributed by atoms with van der Waals surface area (Å²) in [7, 11) is 0. The quantitative estimate of drug-likeness (QED) is 0.422. The Bertz CT molecular complexity index is 655. The third kappa shape index (κ3) is 4.25. The number of nitrogen functional groups attached to an aromatic ring is 1. The number of benzene rings is 2. The Morgan fingerprint density at radius 3 is 1.65 bits per heavy atom. The van der Waals surface area contributed by atoms with Crippen LogP contribution in [0.15, 0.2) is 48.5 Å². The normalized spacial score (nSPS) is 12.5. The van der Waals surface area contributed by atoms with E-state index in [1.807, 2.05) is 0 Å². The fourth-order valence-corrected chi connectivity index (χ4v) is 2.97. The SMILES string of the molecule is Nc1ccc(Oc2ccc(C(Cl)(Cl)C(Cl)(Cl)C(Cl)Cl)cc2)cc1. The molecule has 2 aromatic carbocycles. The van der Waals surface area contributed by atoms with Gasteiger partial charge in [-0.2, -0.15) is 0 Å². The Kier molecular flexibility index (Phi) is 6.10. The molecule has 2 nitrogen and oxygen atoms in total. The molecule has 0 atom stereocenters. The number of anilines is 1. The van der Waals surface area contributed by atoms with Crippen molar-refractivity contribution >= 4 is 75.3 Å². The molecule has 0 heterocycles. The fraction of sp³-hybridized carbons (Fsp3) is 0.200. The average Bonchev–Trinajstić information content (AvgIpc) is 2.50. The molecule has 0 aliphatic carbocycles. The van der Waals surface area contributed by atoms with Gasteiger partial charge in [0.15, 0.2) is 8.67 Å². The van der Waals surface area contributed by atoms with Crippen LogP contribution >= 0.6 is 69.6 Å². The predicted molar refractivity (Wildman–Crippen MR) is 101 cm³/mol. The van der Waals surface area contributed by atoms with Crippen molar-refractivity contribution in [1.29, 1.82) is 0 Å². The summed E-state index contributed by atoms with van der Waals surface area (Å²) in [5.74, 6) is 1.21. The number of nitrogens with two attached hydrogens (primary N) is 1. The molecule has 8 heteroatoms. The molecule has 2 rings (SSSR count). The molecule has 0 saturated heterocycles. The van der Waals surface area contributed by atoms with E-state index in [1.165, 1.54) is 0 Å². The van der Waals surface area contributed by atoms with E-state index in [-0.39, 0.29) is 0 Å². The number of halogens is 6. The van der Waals surface area contributed by atoms with Crippen molar-refractivity contribution in [3.05, 3.63) is 54.1 Å². The number of rotatable bonds is 5. The van der Waals surface area contributed by atoms with Gasteiger partial charge in [0.1, 0.15) is 16.3 Å². The average molecular weight is 434 g/mol. The molecule has 124 valence electrons. The molecule has 0 aliphatic rings. The van der Waals surface area contributed by atoms with Crippen LogP contribution in [0.4, 0.5) is 5.69 Å². The molecule has 0 spiro atoms. The molecule has 0 bridgehead atoms. The number of hydrogen-bond donors (Lipinski definition) is 1. The second-order valence-electron chi connectivity index (χ2n) is 4.69. The van der Waals surface area contributed by atoms with E-state index >= 15 is 0 Å². The van der Waals surface area contributed by atoms with Crippen LogP contribution in [0.5, 0.6) is 11.5 Å². The van der Waals surface area contributed by atoms with Crippen molar-refractivity contribution in [2.45, 2.75) is 13.5 Å². The van der Waals surface area contributed by atoms with Crippen LogP contribution in [0, 0.1) is 0 Å². The van der Waals surface area contributed by atoms with Crippen LogP contribution in [-0.4, -0.2) is 9.17 Å². The van der Waals surface area contributed by atoms with E-state index in [0.29, 0.717) is 22.7 Å². The van der Waals surface area contributed by atoms with E-state index in [2.05, 4.69) is 0 Å². The van der Waals surface area contributed by atoms with E-state index in [4.69, 9.17) is 80.1 Å². The maximum atomic E-state index is 6.26. The Morgan fingerprint density at radius 1 is 0.783 bits per heavy atom. The smallest absolute Gasteiger partial charge is 0.184 e. The van der Waals surface area contributed by atoms with Gasteiger partial charge in [-0.05, 0) is 42.0 Å². The Labute approximate surface area is 164 Å². The molecule has 23 heavy (non-hydrogen) atoms. The maximum Gasteiger partial charge on any atom is 0.184 e. The van der Waals surface area contributed by atoms with Crippen LogP contribution in [-0.2, 0) is 4.33 Å². The molecule has 0 radical (unpaired) electrons. The lowest BCUT2D eigenvalue weighted by molar-refractivity contribution is 0.482. The van der Waals surface area contributed by atoms with Crippen molar-refractivity contribution in [2.24, 2.45) is 0 Å². The van der Waals surface area contributed by atoms with Crippen molar-refractivity contribution < 1.29 is 4.74 Å². The zero-order valence-electron chi connectivity index (χ0n) is 11.4. The van der Waals surface area contributed by atoms with Crippen molar-refractivity contribution in [2.75, 3.05) is 5.73 Å². The highest BCUT2D eigenvalue weighted by Crippen LogP contribution is 2.54. The van der Waals surface area contributed by atoms with Crippen molar-refractivity contribution in [3.63, 3.8) is 0 Å². The molecular formula is C15H11Cl6NO. The van der Waals surface area contributed by atoms with Crippen LogP contribution in [0.2, 0.25) is 0 Å².